The van der Waals surface area contributed by atoms with Gasteiger partial charge in [0.1, 0.15) is 0 Å². The van der Waals surface area contributed by atoms with Crippen molar-refractivity contribution in [1.29, 1.82) is 0 Å². The first-order valence-corrected chi connectivity index (χ1v) is 7.20. The van der Waals surface area contributed by atoms with E-state index in [0.29, 0.717) is 18.7 Å². The summed E-state index contributed by atoms with van der Waals surface area (Å²) in [6, 6.07) is 5.29. The van der Waals surface area contributed by atoms with Crippen LogP contribution in [0.5, 0.6) is 0 Å². The Morgan fingerprint density at radius 1 is 1.40 bits per heavy atom. The van der Waals surface area contributed by atoms with E-state index in [9.17, 15) is 9.59 Å². The second kappa shape index (κ2) is 7.89. The zero-order valence-electron chi connectivity index (χ0n) is 11.6. The molecule has 0 bridgehead atoms. The SMILES string of the molecule is Cc1ccc(NC(=O)NCC(C)CCC(=O)O)cc1Br. The molecule has 0 heterocycles. The molecule has 1 aromatic rings. The summed E-state index contributed by atoms with van der Waals surface area (Å²) in [4.78, 5) is 22.1. The standard InChI is InChI=1S/C14H19BrN2O3/c1-9(3-6-13(18)19)8-16-14(20)17-11-5-4-10(2)12(15)7-11/h4-5,7,9H,3,6,8H2,1-2H3,(H,18,19)(H2,16,17,20). The van der Waals surface area contributed by atoms with Crippen molar-refractivity contribution in [3.63, 3.8) is 0 Å². The number of rotatable bonds is 6. The van der Waals surface area contributed by atoms with E-state index in [1.165, 1.54) is 0 Å². The topological polar surface area (TPSA) is 78.4 Å². The number of aryl methyl sites for hydroxylation is 1. The van der Waals surface area contributed by atoms with Gasteiger partial charge in [0.15, 0.2) is 0 Å². The molecule has 0 aromatic heterocycles. The molecule has 0 aliphatic heterocycles. The molecule has 1 aromatic carbocycles. The van der Waals surface area contributed by atoms with Crippen LogP contribution in [-0.2, 0) is 4.79 Å². The fourth-order valence-corrected chi connectivity index (χ4v) is 1.96. The largest absolute Gasteiger partial charge is 0.481 e. The highest BCUT2D eigenvalue weighted by Gasteiger charge is 2.08. The predicted molar refractivity (Wildman–Crippen MR) is 81.9 cm³/mol. The van der Waals surface area contributed by atoms with Crippen molar-refractivity contribution in [3.05, 3.63) is 28.2 Å². The second-order valence-electron chi connectivity index (χ2n) is 4.84. The maximum absolute atomic E-state index is 11.7. The minimum Gasteiger partial charge on any atom is -0.481 e. The highest BCUT2D eigenvalue weighted by atomic mass is 79.9. The Labute approximate surface area is 126 Å². The number of benzene rings is 1. The van der Waals surface area contributed by atoms with Crippen molar-refractivity contribution in [2.75, 3.05) is 11.9 Å². The molecule has 110 valence electrons. The molecule has 0 aliphatic rings. The zero-order chi connectivity index (χ0) is 15.1. The summed E-state index contributed by atoms with van der Waals surface area (Å²) in [5.74, 6) is -0.688. The molecule has 0 saturated heterocycles. The number of halogens is 1. The van der Waals surface area contributed by atoms with Gasteiger partial charge in [-0.1, -0.05) is 28.9 Å². The normalized spacial score (nSPS) is 11.8. The average molecular weight is 343 g/mol. The summed E-state index contributed by atoms with van der Waals surface area (Å²) >= 11 is 3.40. The van der Waals surface area contributed by atoms with Crippen LogP contribution in [-0.4, -0.2) is 23.7 Å². The van der Waals surface area contributed by atoms with Crippen LogP contribution in [0.25, 0.3) is 0 Å². The third-order valence-electron chi connectivity index (χ3n) is 2.89. The lowest BCUT2D eigenvalue weighted by atomic mass is 10.1. The van der Waals surface area contributed by atoms with Crippen molar-refractivity contribution >= 4 is 33.6 Å². The molecule has 5 nitrogen and oxygen atoms in total. The summed E-state index contributed by atoms with van der Waals surface area (Å²) < 4.78 is 0.935. The van der Waals surface area contributed by atoms with E-state index in [2.05, 4.69) is 26.6 Å². The molecule has 0 saturated carbocycles. The lowest BCUT2D eigenvalue weighted by Crippen LogP contribution is -2.32. The summed E-state index contributed by atoms with van der Waals surface area (Å²) in [5, 5.41) is 14.0. The van der Waals surface area contributed by atoms with Crippen molar-refractivity contribution in [3.8, 4) is 0 Å². The highest BCUT2D eigenvalue weighted by molar-refractivity contribution is 9.10. The fourth-order valence-electron chi connectivity index (χ4n) is 1.58. The van der Waals surface area contributed by atoms with E-state index in [4.69, 9.17) is 5.11 Å². The molecule has 6 heteroatoms. The summed E-state index contributed by atoms with van der Waals surface area (Å²) in [7, 11) is 0. The van der Waals surface area contributed by atoms with E-state index < -0.39 is 5.97 Å². The Kier molecular flexibility index (Phi) is 6.51. The van der Waals surface area contributed by atoms with Gasteiger partial charge in [0.2, 0.25) is 0 Å². The van der Waals surface area contributed by atoms with Gasteiger partial charge in [-0.25, -0.2) is 4.79 Å². The molecule has 0 spiro atoms. The summed E-state index contributed by atoms with van der Waals surface area (Å²) in [5.41, 5.74) is 1.80. The number of carbonyl (C=O) groups is 2. The number of carbonyl (C=O) groups excluding carboxylic acids is 1. The quantitative estimate of drug-likeness (QED) is 0.741. The molecule has 1 rings (SSSR count). The fraction of sp³-hybridized carbons (Fsp3) is 0.429. The number of carboxylic acid groups (broad SMARTS) is 1. The molecule has 1 atom stereocenters. The van der Waals surface area contributed by atoms with Crippen molar-refractivity contribution < 1.29 is 14.7 Å². The Hall–Kier alpha value is -1.56. The first-order valence-electron chi connectivity index (χ1n) is 6.41. The van der Waals surface area contributed by atoms with Crippen molar-refractivity contribution in [2.45, 2.75) is 26.7 Å². The molecular weight excluding hydrogens is 324 g/mol. The van der Waals surface area contributed by atoms with Gasteiger partial charge in [-0.15, -0.1) is 0 Å². The van der Waals surface area contributed by atoms with Crippen LogP contribution in [0.2, 0.25) is 0 Å². The molecular formula is C14H19BrN2O3. The molecule has 0 radical (unpaired) electrons. The molecule has 2 amide bonds. The number of urea groups is 1. The third-order valence-corrected chi connectivity index (χ3v) is 3.75. The average Bonchev–Trinajstić information content (AvgIpc) is 2.38. The smallest absolute Gasteiger partial charge is 0.319 e. The zero-order valence-corrected chi connectivity index (χ0v) is 13.2. The Morgan fingerprint density at radius 3 is 2.70 bits per heavy atom. The molecule has 0 aliphatic carbocycles. The van der Waals surface area contributed by atoms with Gasteiger partial charge in [0.05, 0.1) is 0 Å². The third kappa shape index (κ3) is 6.06. The van der Waals surface area contributed by atoms with Gasteiger partial charge in [-0.05, 0) is 37.0 Å². The number of nitrogens with one attached hydrogen (secondary N) is 2. The summed E-state index contributed by atoms with van der Waals surface area (Å²) in [6.45, 7) is 4.33. The van der Waals surface area contributed by atoms with Gasteiger partial charge >= 0.3 is 12.0 Å². The lowest BCUT2D eigenvalue weighted by Gasteiger charge is -2.12. The van der Waals surface area contributed by atoms with Crippen LogP contribution >= 0.6 is 15.9 Å². The highest BCUT2D eigenvalue weighted by Crippen LogP contribution is 2.20. The first kappa shape index (κ1) is 16.5. The van der Waals surface area contributed by atoms with Gasteiger partial charge in [-0.2, -0.15) is 0 Å². The Morgan fingerprint density at radius 2 is 2.10 bits per heavy atom. The van der Waals surface area contributed by atoms with Crippen molar-refractivity contribution in [1.82, 2.24) is 5.32 Å². The number of aliphatic carboxylic acids is 1. The lowest BCUT2D eigenvalue weighted by molar-refractivity contribution is -0.137. The van der Waals surface area contributed by atoms with Crippen LogP contribution in [0.4, 0.5) is 10.5 Å². The van der Waals surface area contributed by atoms with Gasteiger partial charge < -0.3 is 15.7 Å². The van der Waals surface area contributed by atoms with E-state index >= 15 is 0 Å². The van der Waals surface area contributed by atoms with Crippen LogP contribution in [0.15, 0.2) is 22.7 Å². The maximum atomic E-state index is 11.7. The second-order valence-corrected chi connectivity index (χ2v) is 5.69. The van der Waals surface area contributed by atoms with E-state index in [0.717, 1.165) is 10.0 Å². The predicted octanol–water partition coefficient (Wildman–Crippen LogP) is 3.38. The van der Waals surface area contributed by atoms with Crippen LogP contribution < -0.4 is 10.6 Å². The number of hydrogen-bond donors (Lipinski definition) is 3. The van der Waals surface area contributed by atoms with Gasteiger partial charge in [0, 0.05) is 23.1 Å². The molecule has 0 fully saturated rings. The van der Waals surface area contributed by atoms with Crippen LogP contribution in [0.3, 0.4) is 0 Å². The van der Waals surface area contributed by atoms with Gasteiger partial charge in [0.25, 0.3) is 0 Å². The van der Waals surface area contributed by atoms with Gasteiger partial charge in [-0.3, -0.25) is 4.79 Å². The van der Waals surface area contributed by atoms with E-state index in [-0.39, 0.29) is 18.4 Å². The number of anilines is 1. The molecule has 1 unspecified atom stereocenters. The number of amides is 2. The van der Waals surface area contributed by atoms with Crippen LogP contribution in [0, 0.1) is 12.8 Å². The molecule has 3 N–H and O–H groups in total. The van der Waals surface area contributed by atoms with E-state index in [1.54, 1.807) is 0 Å². The Balaban J connectivity index is 2.36. The number of carboxylic acids is 1. The minimum absolute atomic E-state index is 0.120. The van der Waals surface area contributed by atoms with E-state index in [1.807, 2.05) is 32.0 Å². The monoisotopic (exact) mass is 342 g/mol. The van der Waals surface area contributed by atoms with Crippen molar-refractivity contribution in [2.24, 2.45) is 5.92 Å². The maximum Gasteiger partial charge on any atom is 0.319 e. The number of hydrogen-bond acceptors (Lipinski definition) is 2. The minimum atomic E-state index is -0.814. The Bertz CT molecular complexity index is 491. The summed E-state index contributed by atoms with van der Waals surface area (Å²) in [6.07, 6.45) is 0.668. The first-order chi connectivity index (χ1) is 9.38. The van der Waals surface area contributed by atoms with Crippen LogP contribution in [0.1, 0.15) is 25.3 Å². The molecule has 20 heavy (non-hydrogen) atoms.